The lowest BCUT2D eigenvalue weighted by molar-refractivity contribution is -0.123. The first-order valence-corrected chi connectivity index (χ1v) is 4.90. The maximum Gasteiger partial charge on any atom is 0.0704 e. The average molecular weight is 187 g/mol. The van der Waals surface area contributed by atoms with Gasteiger partial charge in [0, 0.05) is 18.6 Å². The molecule has 1 fully saturated rings. The van der Waals surface area contributed by atoms with Crippen LogP contribution in [0.3, 0.4) is 0 Å². The molecular weight excluding hydrogens is 166 g/mol. The second-order valence-corrected chi connectivity index (χ2v) is 4.25. The van der Waals surface area contributed by atoms with Crippen molar-refractivity contribution in [3.63, 3.8) is 0 Å². The Morgan fingerprint density at radius 3 is 2.54 bits per heavy atom. The molecule has 78 valence electrons. The van der Waals surface area contributed by atoms with E-state index < -0.39 is 0 Å². The Hall–Kier alpha value is -0.120. The zero-order valence-corrected chi connectivity index (χ0v) is 9.09. The molecular formula is C10H21NO2. The average Bonchev–Trinajstić information content (AvgIpc) is 2.10. The lowest BCUT2D eigenvalue weighted by Gasteiger charge is -2.51. The van der Waals surface area contributed by atoms with Gasteiger partial charge >= 0.3 is 0 Å². The summed E-state index contributed by atoms with van der Waals surface area (Å²) in [4.78, 5) is 0. The summed E-state index contributed by atoms with van der Waals surface area (Å²) in [6.45, 7) is 5.89. The molecule has 2 atom stereocenters. The summed E-state index contributed by atoms with van der Waals surface area (Å²) in [5.74, 6) is 0. The van der Waals surface area contributed by atoms with E-state index in [1.807, 2.05) is 7.05 Å². The molecule has 2 unspecified atom stereocenters. The molecule has 3 nitrogen and oxygen atoms in total. The van der Waals surface area contributed by atoms with Crippen LogP contribution < -0.4 is 5.32 Å². The molecule has 1 aliphatic rings. The van der Waals surface area contributed by atoms with Gasteiger partial charge in [-0.1, -0.05) is 13.8 Å². The van der Waals surface area contributed by atoms with Gasteiger partial charge in [0.1, 0.15) is 0 Å². The fourth-order valence-electron chi connectivity index (χ4n) is 1.93. The van der Waals surface area contributed by atoms with E-state index in [0.29, 0.717) is 25.4 Å². The third-order valence-electron chi connectivity index (χ3n) is 3.13. The second kappa shape index (κ2) is 4.40. The molecule has 0 aromatic rings. The normalized spacial score (nSPS) is 31.4. The first-order valence-electron chi connectivity index (χ1n) is 4.90. The van der Waals surface area contributed by atoms with Crippen molar-refractivity contribution in [3.05, 3.63) is 0 Å². The van der Waals surface area contributed by atoms with E-state index in [1.54, 1.807) is 7.11 Å². The van der Waals surface area contributed by atoms with Gasteiger partial charge in [-0.15, -0.1) is 0 Å². The van der Waals surface area contributed by atoms with Crippen LogP contribution in [0.15, 0.2) is 0 Å². The van der Waals surface area contributed by atoms with Crippen molar-refractivity contribution in [2.45, 2.75) is 32.4 Å². The van der Waals surface area contributed by atoms with E-state index in [9.17, 15) is 0 Å². The molecule has 0 saturated heterocycles. The highest BCUT2D eigenvalue weighted by Crippen LogP contribution is 2.42. The molecule has 1 saturated carbocycles. The molecule has 1 N–H and O–H groups in total. The van der Waals surface area contributed by atoms with Crippen LogP contribution in [-0.2, 0) is 9.47 Å². The predicted molar refractivity (Wildman–Crippen MR) is 52.9 cm³/mol. The van der Waals surface area contributed by atoms with Gasteiger partial charge in [-0.2, -0.15) is 0 Å². The Morgan fingerprint density at radius 2 is 2.08 bits per heavy atom. The smallest absolute Gasteiger partial charge is 0.0704 e. The topological polar surface area (TPSA) is 30.5 Å². The fraction of sp³-hybridized carbons (Fsp3) is 1.00. The number of hydrogen-bond donors (Lipinski definition) is 1. The molecule has 0 aromatic carbocycles. The summed E-state index contributed by atoms with van der Waals surface area (Å²) in [6, 6.07) is 0.597. The minimum absolute atomic E-state index is 0.266. The fourth-order valence-corrected chi connectivity index (χ4v) is 1.93. The highest BCUT2D eigenvalue weighted by molar-refractivity contribution is 5.02. The minimum atomic E-state index is 0.266. The van der Waals surface area contributed by atoms with Crippen molar-refractivity contribution < 1.29 is 9.47 Å². The Kier molecular flexibility index (Phi) is 3.71. The number of rotatable bonds is 5. The van der Waals surface area contributed by atoms with Crippen LogP contribution in [0.1, 0.15) is 20.3 Å². The Balaban J connectivity index is 2.23. The van der Waals surface area contributed by atoms with Crippen LogP contribution in [0.5, 0.6) is 0 Å². The summed E-state index contributed by atoms with van der Waals surface area (Å²) in [5, 5.41) is 3.30. The van der Waals surface area contributed by atoms with Crippen LogP contribution in [0.4, 0.5) is 0 Å². The number of nitrogens with one attached hydrogen (secondary N) is 1. The van der Waals surface area contributed by atoms with E-state index in [1.165, 1.54) is 0 Å². The molecule has 1 rings (SSSR count). The highest BCUT2D eigenvalue weighted by atomic mass is 16.5. The van der Waals surface area contributed by atoms with Crippen LogP contribution >= 0.6 is 0 Å². The molecule has 13 heavy (non-hydrogen) atoms. The quantitative estimate of drug-likeness (QED) is 0.652. The molecule has 0 bridgehead atoms. The monoisotopic (exact) mass is 187 g/mol. The first-order chi connectivity index (χ1) is 6.12. The third kappa shape index (κ3) is 2.22. The van der Waals surface area contributed by atoms with E-state index in [4.69, 9.17) is 9.47 Å². The minimum Gasteiger partial charge on any atom is -0.382 e. The number of methoxy groups -OCH3 is 1. The standard InChI is InChI=1S/C10H21NO2/c1-10(2)8(11-3)7-9(10)13-6-5-12-4/h8-9,11H,5-7H2,1-4H3. The van der Waals surface area contributed by atoms with Gasteiger partial charge < -0.3 is 14.8 Å². The van der Waals surface area contributed by atoms with Crippen LogP contribution in [0.2, 0.25) is 0 Å². The van der Waals surface area contributed by atoms with Gasteiger partial charge in [0.2, 0.25) is 0 Å². The maximum atomic E-state index is 5.70. The summed E-state index contributed by atoms with van der Waals surface area (Å²) in [7, 11) is 3.71. The van der Waals surface area contributed by atoms with Gasteiger partial charge in [-0.25, -0.2) is 0 Å². The Labute approximate surface area is 80.8 Å². The Morgan fingerprint density at radius 1 is 1.38 bits per heavy atom. The van der Waals surface area contributed by atoms with Crippen molar-refractivity contribution in [2.24, 2.45) is 5.41 Å². The van der Waals surface area contributed by atoms with Crippen LogP contribution in [-0.4, -0.2) is 39.5 Å². The van der Waals surface area contributed by atoms with Gasteiger partial charge in [0.05, 0.1) is 19.3 Å². The molecule has 0 aromatic heterocycles. The van der Waals surface area contributed by atoms with Crippen molar-refractivity contribution in [2.75, 3.05) is 27.4 Å². The van der Waals surface area contributed by atoms with Crippen molar-refractivity contribution in [1.82, 2.24) is 5.32 Å². The van der Waals surface area contributed by atoms with E-state index in [0.717, 1.165) is 6.42 Å². The van der Waals surface area contributed by atoms with E-state index in [-0.39, 0.29) is 5.41 Å². The molecule has 0 aliphatic heterocycles. The largest absolute Gasteiger partial charge is 0.382 e. The van der Waals surface area contributed by atoms with E-state index in [2.05, 4.69) is 19.2 Å². The lowest BCUT2D eigenvalue weighted by Crippen LogP contribution is -2.60. The molecule has 0 radical (unpaired) electrons. The second-order valence-electron chi connectivity index (χ2n) is 4.25. The number of ether oxygens (including phenoxy) is 2. The number of hydrogen-bond acceptors (Lipinski definition) is 3. The molecule has 1 aliphatic carbocycles. The predicted octanol–water partition coefficient (Wildman–Crippen LogP) is 1.04. The third-order valence-corrected chi connectivity index (χ3v) is 3.13. The first kappa shape index (κ1) is 11.0. The Bertz CT molecular complexity index is 159. The summed E-state index contributed by atoms with van der Waals surface area (Å²) >= 11 is 0. The van der Waals surface area contributed by atoms with Crippen molar-refractivity contribution >= 4 is 0 Å². The summed E-state index contributed by atoms with van der Waals surface area (Å²) in [5.41, 5.74) is 0.266. The molecule has 0 spiro atoms. The SMILES string of the molecule is CNC1CC(OCCOC)C1(C)C. The van der Waals surface area contributed by atoms with Gasteiger partial charge in [0.25, 0.3) is 0 Å². The zero-order chi connectivity index (χ0) is 9.90. The summed E-state index contributed by atoms with van der Waals surface area (Å²) in [6.07, 6.45) is 1.51. The molecule has 3 heteroatoms. The summed E-state index contributed by atoms with van der Waals surface area (Å²) < 4.78 is 10.6. The highest BCUT2D eigenvalue weighted by Gasteiger charge is 2.47. The molecule has 0 amide bonds. The van der Waals surface area contributed by atoms with Crippen LogP contribution in [0, 0.1) is 5.41 Å². The van der Waals surface area contributed by atoms with Gasteiger partial charge in [-0.3, -0.25) is 0 Å². The maximum absolute atomic E-state index is 5.70. The zero-order valence-electron chi connectivity index (χ0n) is 9.09. The van der Waals surface area contributed by atoms with Gasteiger partial charge in [-0.05, 0) is 13.5 Å². The van der Waals surface area contributed by atoms with Crippen molar-refractivity contribution in [1.29, 1.82) is 0 Å². The van der Waals surface area contributed by atoms with E-state index >= 15 is 0 Å². The van der Waals surface area contributed by atoms with Crippen molar-refractivity contribution in [3.8, 4) is 0 Å². The lowest BCUT2D eigenvalue weighted by atomic mass is 9.64. The van der Waals surface area contributed by atoms with Gasteiger partial charge in [0.15, 0.2) is 0 Å². The van der Waals surface area contributed by atoms with Crippen LogP contribution in [0.25, 0.3) is 0 Å². The molecule has 0 heterocycles.